The highest BCUT2D eigenvalue weighted by molar-refractivity contribution is 6.30. The van der Waals surface area contributed by atoms with Crippen LogP contribution in [-0.4, -0.2) is 47.3 Å². The summed E-state index contributed by atoms with van der Waals surface area (Å²) in [4.78, 5) is 24.4. The van der Waals surface area contributed by atoms with Crippen LogP contribution >= 0.6 is 11.6 Å². The molecular weight excluding hydrogens is 452 g/mol. The number of alkyl halides is 3. The molecule has 0 unspecified atom stereocenters. The number of anilines is 2. The highest BCUT2D eigenvalue weighted by Crippen LogP contribution is 2.42. The van der Waals surface area contributed by atoms with Gasteiger partial charge in [-0.1, -0.05) is 11.6 Å². The van der Waals surface area contributed by atoms with Gasteiger partial charge < -0.3 is 14.5 Å². The van der Waals surface area contributed by atoms with Gasteiger partial charge in [0.05, 0.1) is 10.6 Å². The quantitative estimate of drug-likeness (QED) is 0.600. The Kier molecular flexibility index (Phi) is 6.15. The first-order chi connectivity index (χ1) is 15.2. The first kappa shape index (κ1) is 22.6. The molecule has 11 heteroatoms. The van der Waals surface area contributed by atoms with Crippen molar-refractivity contribution < 1.29 is 27.1 Å². The molecule has 0 atom stereocenters. The van der Waals surface area contributed by atoms with E-state index in [-0.39, 0.29) is 16.8 Å². The molecule has 1 aromatic heterocycles. The van der Waals surface area contributed by atoms with Crippen LogP contribution in [0.2, 0.25) is 5.02 Å². The van der Waals surface area contributed by atoms with E-state index in [1.807, 2.05) is 4.90 Å². The Balaban J connectivity index is 1.51. The Morgan fingerprint density at radius 2 is 1.88 bits per heavy atom. The van der Waals surface area contributed by atoms with Crippen molar-refractivity contribution in [2.75, 3.05) is 29.5 Å². The van der Waals surface area contributed by atoms with Crippen LogP contribution < -0.4 is 14.5 Å². The maximum atomic E-state index is 14.1. The molecule has 172 valence electrons. The maximum absolute atomic E-state index is 14.1. The zero-order chi connectivity index (χ0) is 22.9. The largest absolute Gasteiger partial charge is 0.468 e. The van der Waals surface area contributed by atoms with Crippen molar-refractivity contribution in [2.24, 2.45) is 0 Å². The number of hydrogen-bond donors (Lipinski definition) is 0. The smallest absolute Gasteiger partial charge is 0.422 e. The van der Waals surface area contributed by atoms with E-state index in [1.165, 1.54) is 24.5 Å². The van der Waals surface area contributed by atoms with Crippen molar-refractivity contribution in [3.05, 3.63) is 41.4 Å². The van der Waals surface area contributed by atoms with Gasteiger partial charge in [0.15, 0.2) is 6.61 Å². The van der Waals surface area contributed by atoms with Crippen LogP contribution in [0.25, 0.3) is 0 Å². The molecule has 0 N–H and O–H groups in total. The molecule has 32 heavy (non-hydrogen) atoms. The van der Waals surface area contributed by atoms with E-state index in [2.05, 4.69) is 9.97 Å². The predicted octanol–water partition coefficient (Wildman–Crippen LogP) is 4.77. The fourth-order valence-corrected chi connectivity index (χ4v) is 4.58. The van der Waals surface area contributed by atoms with Crippen molar-refractivity contribution in [1.29, 1.82) is 0 Å². The molecule has 1 aromatic carbocycles. The summed E-state index contributed by atoms with van der Waals surface area (Å²) < 4.78 is 56.1. The maximum Gasteiger partial charge on any atom is 0.422 e. The fraction of sp³-hybridized carbons (Fsp3) is 0.476. The lowest BCUT2D eigenvalue weighted by Crippen LogP contribution is -2.60. The van der Waals surface area contributed by atoms with Gasteiger partial charge in [-0.3, -0.25) is 4.79 Å². The van der Waals surface area contributed by atoms with E-state index < -0.39 is 24.1 Å². The van der Waals surface area contributed by atoms with Crippen LogP contribution in [0.1, 0.15) is 32.1 Å². The molecule has 2 saturated heterocycles. The highest BCUT2D eigenvalue weighted by Gasteiger charge is 2.45. The number of halogens is 5. The van der Waals surface area contributed by atoms with Gasteiger partial charge in [0.25, 0.3) is 0 Å². The zero-order valence-corrected chi connectivity index (χ0v) is 17.8. The van der Waals surface area contributed by atoms with Crippen molar-refractivity contribution in [3.63, 3.8) is 0 Å². The summed E-state index contributed by atoms with van der Waals surface area (Å²) >= 11 is 5.81. The van der Waals surface area contributed by atoms with Gasteiger partial charge in [-0.05, 0) is 43.9 Å². The summed E-state index contributed by atoms with van der Waals surface area (Å²) in [5.41, 5.74) is 0.0179. The molecule has 0 bridgehead atoms. The summed E-state index contributed by atoms with van der Waals surface area (Å²) in [6, 6.07) is 5.76. The van der Waals surface area contributed by atoms with E-state index in [4.69, 9.17) is 16.3 Å². The summed E-state index contributed by atoms with van der Waals surface area (Å²) in [5, 5.41) is -0.00520. The minimum atomic E-state index is -4.46. The molecule has 2 aromatic rings. The van der Waals surface area contributed by atoms with Gasteiger partial charge >= 0.3 is 6.18 Å². The summed E-state index contributed by atoms with van der Waals surface area (Å²) in [7, 11) is 0. The van der Waals surface area contributed by atoms with Crippen molar-refractivity contribution in [2.45, 2.75) is 43.8 Å². The van der Waals surface area contributed by atoms with Crippen LogP contribution in [0.3, 0.4) is 0 Å². The minimum absolute atomic E-state index is 0.00520. The Morgan fingerprint density at radius 3 is 2.56 bits per heavy atom. The number of nitrogens with zero attached hydrogens (tertiary/aromatic N) is 4. The number of hydrogen-bond acceptors (Lipinski definition) is 5. The molecule has 1 amide bonds. The third-order valence-electron chi connectivity index (χ3n) is 5.95. The SMILES string of the molecule is O=C1CCCC2(CCN(c3cc(OCC(F)(F)F)ncn3)CC2)N1c1ccc(Cl)c(F)c1. The van der Waals surface area contributed by atoms with Gasteiger partial charge in [0.2, 0.25) is 11.8 Å². The fourth-order valence-electron chi connectivity index (χ4n) is 4.46. The van der Waals surface area contributed by atoms with Gasteiger partial charge in [0.1, 0.15) is 18.0 Å². The van der Waals surface area contributed by atoms with E-state index in [0.717, 1.165) is 12.8 Å². The zero-order valence-electron chi connectivity index (χ0n) is 17.0. The summed E-state index contributed by atoms with van der Waals surface area (Å²) in [6.07, 6.45) is -0.174. The summed E-state index contributed by atoms with van der Waals surface area (Å²) in [5.74, 6) is -0.337. The average Bonchev–Trinajstić information content (AvgIpc) is 2.75. The number of carbonyl (C=O) groups excluding carboxylic acids is 1. The molecule has 2 aliphatic rings. The lowest BCUT2D eigenvalue weighted by atomic mass is 9.78. The minimum Gasteiger partial charge on any atom is -0.468 e. The number of piperidine rings is 2. The highest BCUT2D eigenvalue weighted by atomic mass is 35.5. The lowest BCUT2D eigenvalue weighted by Gasteiger charge is -2.51. The second kappa shape index (κ2) is 8.73. The number of benzene rings is 1. The van der Waals surface area contributed by atoms with Crippen LogP contribution in [0.5, 0.6) is 5.88 Å². The van der Waals surface area contributed by atoms with Gasteiger partial charge in [-0.2, -0.15) is 13.2 Å². The molecule has 6 nitrogen and oxygen atoms in total. The second-order valence-electron chi connectivity index (χ2n) is 8.01. The van der Waals surface area contributed by atoms with Crippen molar-refractivity contribution in [3.8, 4) is 5.88 Å². The van der Waals surface area contributed by atoms with Crippen LogP contribution in [0, 0.1) is 5.82 Å². The Hall–Kier alpha value is -2.62. The Bertz CT molecular complexity index is 996. The van der Waals surface area contributed by atoms with E-state index in [9.17, 15) is 22.4 Å². The van der Waals surface area contributed by atoms with E-state index >= 15 is 0 Å². The Morgan fingerprint density at radius 1 is 1.12 bits per heavy atom. The topological polar surface area (TPSA) is 58.6 Å². The molecule has 1 spiro atoms. The van der Waals surface area contributed by atoms with E-state index in [1.54, 1.807) is 11.0 Å². The molecule has 4 rings (SSSR count). The van der Waals surface area contributed by atoms with Crippen molar-refractivity contribution >= 4 is 29.0 Å². The number of rotatable bonds is 4. The standard InChI is InChI=1S/C21H21ClF4N4O2/c22-15-4-3-14(10-16(15)23)30-19(31)2-1-5-20(30)6-8-29(9-7-20)17-11-18(28-13-27-17)32-12-21(24,25)26/h3-4,10-11,13H,1-2,5-9,12H2. The molecule has 2 aliphatic heterocycles. The summed E-state index contributed by atoms with van der Waals surface area (Å²) in [6.45, 7) is -0.383. The monoisotopic (exact) mass is 472 g/mol. The second-order valence-corrected chi connectivity index (χ2v) is 8.42. The molecule has 2 fully saturated rings. The molecule has 0 saturated carbocycles. The predicted molar refractivity (Wildman–Crippen MR) is 111 cm³/mol. The third kappa shape index (κ3) is 4.74. The number of amides is 1. The average molecular weight is 473 g/mol. The Labute approximate surface area is 187 Å². The normalized spacial score (nSPS) is 18.8. The van der Waals surface area contributed by atoms with Gasteiger partial charge in [-0.15, -0.1) is 0 Å². The van der Waals surface area contributed by atoms with E-state index in [0.29, 0.717) is 43.9 Å². The first-order valence-electron chi connectivity index (χ1n) is 10.2. The lowest BCUT2D eigenvalue weighted by molar-refractivity contribution is -0.154. The van der Waals surface area contributed by atoms with Crippen molar-refractivity contribution in [1.82, 2.24) is 9.97 Å². The molecule has 3 heterocycles. The number of carbonyl (C=O) groups is 1. The molecule has 0 aliphatic carbocycles. The number of aromatic nitrogens is 2. The van der Waals surface area contributed by atoms with Crippen LogP contribution in [0.4, 0.5) is 29.1 Å². The molecule has 0 radical (unpaired) electrons. The van der Waals surface area contributed by atoms with Gasteiger partial charge in [-0.25, -0.2) is 14.4 Å². The van der Waals surface area contributed by atoms with Crippen LogP contribution in [0.15, 0.2) is 30.6 Å². The van der Waals surface area contributed by atoms with Gasteiger partial charge in [0, 0.05) is 31.3 Å². The van der Waals surface area contributed by atoms with Crippen LogP contribution in [-0.2, 0) is 4.79 Å². The third-order valence-corrected chi connectivity index (χ3v) is 6.25. The number of ether oxygens (including phenoxy) is 1. The first-order valence-corrected chi connectivity index (χ1v) is 10.6. The molecular formula is C21H21ClF4N4O2.